The van der Waals surface area contributed by atoms with Crippen LogP contribution in [0.5, 0.6) is 0 Å². The van der Waals surface area contributed by atoms with Crippen LogP contribution < -0.4 is 10.6 Å². The number of aliphatic hydroxyl groups is 1. The van der Waals surface area contributed by atoms with Gasteiger partial charge in [0.2, 0.25) is 0 Å². The number of aliphatic imine (C=N–C) groups is 1. The molecule has 0 aliphatic heterocycles. The predicted octanol–water partition coefficient (Wildman–Crippen LogP) is 2.24. The number of nitrogens with one attached hydrogen (secondary N) is 2. The zero-order valence-electron chi connectivity index (χ0n) is 15.8. The lowest BCUT2D eigenvalue weighted by Crippen LogP contribution is -2.38. The number of nitrogens with zero attached hydrogens (tertiary/aromatic N) is 3. The second kappa shape index (κ2) is 11.9. The van der Waals surface area contributed by atoms with Crippen LogP contribution in [0.15, 0.2) is 11.1 Å². The molecule has 1 aromatic heterocycles. The quantitative estimate of drug-likeness (QED) is 0.329. The van der Waals surface area contributed by atoms with Crippen molar-refractivity contribution in [2.45, 2.75) is 59.9 Å². The Hall–Kier alpha value is -1.56. The van der Waals surface area contributed by atoms with E-state index in [2.05, 4.69) is 52.2 Å². The van der Waals surface area contributed by atoms with Crippen molar-refractivity contribution in [3.05, 3.63) is 17.5 Å². The normalized spacial score (nSPS) is 13.1. The Kier molecular flexibility index (Phi) is 10.2. The summed E-state index contributed by atoms with van der Waals surface area (Å²) < 4.78 is 2.06. The van der Waals surface area contributed by atoms with Gasteiger partial charge in [-0.2, -0.15) is 5.10 Å². The van der Waals surface area contributed by atoms with Crippen LogP contribution in [0, 0.1) is 19.8 Å². The van der Waals surface area contributed by atoms with Crippen LogP contribution in [0.25, 0.3) is 0 Å². The van der Waals surface area contributed by atoms with Crippen LogP contribution in [0.4, 0.5) is 0 Å². The van der Waals surface area contributed by atoms with Gasteiger partial charge in [0.1, 0.15) is 0 Å². The van der Waals surface area contributed by atoms with Crippen molar-refractivity contribution in [3.63, 3.8) is 0 Å². The lowest BCUT2D eigenvalue weighted by molar-refractivity contribution is 0.253. The minimum absolute atomic E-state index is 0.243. The summed E-state index contributed by atoms with van der Waals surface area (Å²) in [5.74, 6) is 1.33. The van der Waals surface area contributed by atoms with Crippen LogP contribution in [0.1, 0.15) is 50.9 Å². The summed E-state index contributed by atoms with van der Waals surface area (Å²) in [4.78, 5) is 4.68. The fraction of sp³-hybridized carbons (Fsp3) is 0.778. The smallest absolute Gasteiger partial charge is 0.191 e. The van der Waals surface area contributed by atoms with Crippen molar-refractivity contribution in [2.75, 3.05) is 26.2 Å². The average molecular weight is 338 g/mol. The molecule has 0 saturated heterocycles. The highest BCUT2D eigenvalue weighted by molar-refractivity contribution is 5.79. The topological polar surface area (TPSA) is 74.5 Å². The Morgan fingerprint density at radius 3 is 2.67 bits per heavy atom. The molecular weight excluding hydrogens is 302 g/mol. The molecule has 0 amide bonds. The predicted molar refractivity (Wildman–Crippen MR) is 100 cm³/mol. The fourth-order valence-corrected chi connectivity index (χ4v) is 2.82. The minimum atomic E-state index is 0.243. The van der Waals surface area contributed by atoms with Crippen molar-refractivity contribution in [3.8, 4) is 0 Å². The maximum Gasteiger partial charge on any atom is 0.191 e. The van der Waals surface area contributed by atoms with Gasteiger partial charge in [-0.15, -0.1) is 0 Å². The Morgan fingerprint density at radius 2 is 2.08 bits per heavy atom. The Balaban J connectivity index is 2.41. The van der Waals surface area contributed by atoms with Crippen LogP contribution >= 0.6 is 0 Å². The number of rotatable bonds is 11. The first-order chi connectivity index (χ1) is 11.6. The van der Waals surface area contributed by atoms with Crippen molar-refractivity contribution < 1.29 is 5.11 Å². The molecule has 6 heteroatoms. The van der Waals surface area contributed by atoms with E-state index in [4.69, 9.17) is 5.11 Å². The van der Waals surface area contributed by atoms with Gasteiger partial charge in [-0.3, -0.25) is 9.67 Å². The first-order valence-corrected chi connectivity index (χ1v) is 9.24. The van der Waals surface area contributed by atoms with Crippen molar-refractivity contribution in [1.82, 2.24) is 20.4 Å². The third kappa shape index (κ3) is 7.81. The van der Waals surface area contributed by atoms with Crippen LogP contribution in [0.3, 0.4) is 0 Å². The molecule has 0 bridgehead atoms. The number of aromatic nitrogens is 2. The molecule has 1 atom stereocenters. The highest BCUT2D eigenvalue weighted by Gasteiger charge is 2.07. The number of guanidine groups is 1. The highest BCUT2D eigenvalue weighted by Crippen LogP contribution is 2.11. The number of aliphatic hydroxyl groups excluding tert-OH is 1. The molecule has 0 radical (unpaired) electrons. The van der Waals surface area contributed by atoms with Gasteiger partial charge in [-0.25, -0.2) is 0 Å². The Bertz CT molecular complexity index is 478. The molecule has 0 aliphatic rings. The largest absolute Gasteiger partial charge is 0.396 e. The highest BCUT2D eigenvalue weighted by atomic mass is 16.3. The second-order valence-electron chi connectivity index (χ2n) is 6.32. The van der Waals surface area contributed by atoms with E-state index in [-0.39, 0.29) is 6.61 Å². The van der Waals surface area contributed by atoms with E-state index in [1.54, 1.807) is 0 Å². The van der Waals surface area contributed by atoms with Gasteiger partial charge >= 0.3 is 0 Å². The van der Waals surface area contributed by atoms with Crippen molar-refractivity contribution in [2.24, 2.45) is 10.9 Å². The summed E-state index contributed by atoms with van der Waals surface area (Å²) >= 11 is 0. The molecular formula is C18H35N5O. The first-order valence-electron chi connectivity index (χ1n) is 9.24. The van der Waals surface area contributed by atoms with E-state index in [1.165, 1.54) is 5.69 Å². The van der Waals surface area contributed by atoms with Gasteiger partial charge in [0, 0.05) is 38.5 Å². The summed E-state index contributed by atoms with van der Waals surface area (Å²) in [5.41, 5.74) is 2.28. The van der Waals surface area contributed by atoms with E-state index in [1.807, 2.05) is 6.92 Å². The van der Waals surface area contributed by atoms with Gasteiger partial charge in [0.25, 0.3) is 0 Å². The molecule has 138 valence electrons. The van der Waals surface area contributed by atoms with Crippen molar-refractivity contribution >= 4 is 5.96 Å². The maximum absolute atomic E-state index is 9.15. The number of hydrogen-bond donors (Lipinski definition) is 3. The molecule has 6 nitrogen and oxygen atoms in total. The lowest BCUT2D eigenvalue weighted by atomic mass is 10.0. The van der Waals surface area contributed by atoms with E-state index < -0.39 is 0 Å². The van der Waals surface area contributed by atoms with E-state index in [0.717, 1.165) is 63.5 Å². The molecule has 0 spiro atoms. The van der Waals surface area contributed by atoms with Gasteiger partial charge in [-0.05, 0) is 52.0 Å². The third-order valence-electron chi connectivity index (χ3n) is 4.03. The zero-order valence-corrected chi connectivity index (χ0v) is 15.8. The molecule has 0 fully saturated rings. The molecule has 0 saturated carbocycles. The number of aryl methyl sites for hydroxylation is 3. The summed E-state index contributed by atoms with van der Waals surface area (Å²) in [6.07, 6.45) is 4.07. The maximum atomic E-state index is 9.15. The summed E-state index contributed by atoms with van der Waals surface area (Å²) in [6.45, 7) is 12.0. The summed E-state index contributed by atoms with van der Waals surface area (Å²) in [6, 6.07) is 2.11. The van der Waals surface area contributed by atoms with Gasteiger partial charge in [0.05, 0.1) is 5.69 Å². The fourth-order valence-electron chi connectivity index (χ4n) is 2.82. The molecule has 3 N–H and O–H groups in total. The minimum Gasteiger partial charge on any atom is -0.396 e. The summed E-state index contributed by atoms with van der Waals surface area (Å²) in [5, 5.41) is 20.3. The molecule has 0 aromatic carbocycles. The monoisotopic (exact) mass is 337 g/mol. The molecule has 1 aromatic rings. The second-order valence-corrected chi connectivity index (χ2v) is 6.32. The number of hydrogen-bond acceptors (Lipinski definition) is 3. The first kappa shape index (κ1) is 20.5. The van der Waals surface area contributed by atoms with Gasteiger partial charge < -0.3 is 15.7 Å². The summed E-state index contributed by atoms with van der Waals surface area (Å²) in [7, 11) is 0. The van der Waals surface area contributed by atoms with Crippen molar-refractivity contribution in [1.29, 1.82) is 0 Å². The van der Waals surface area contributed by atoms with Gasteiger partial charge in [0.15, 0.2) is 5.96 Å². The molecule has 1 heterocycles. The Morgan fingerprint density at radius 1 is 1.29 bits per heavy atom. The molecule has 1 unspecified atom stereocenters. The average Bonchev–Trinajstić information content (AvgIpc) is 2.87. The standard InChI is InChI=1S/C18H35N5O/c1-5-8-17(9-12-24)14-21-18(19-6-2)20-10-7-11-23-16(4)13-15(3)22-23/h13,17,24H,5-12,14H2,1-4H3,(H2,19,20,21). The van der Waals surface area contributed by atoms with E-state index in [9.17, 15) is 0 Å². The van der Waals surface area contributed by atoms with Crippen LogP contribution in [-0.2, 0) is 6.54 Å². The van der Waals surface area contributed by atoms with Crippen LogP contribution in [0.2, 0.25) is 0 Å². The SMILES string of the molecule is CCCC(CCO)CN=C(NCC)NCCCn1nc(C)cc1C. The molecule has 24 heavy (non-hydrogen) atoms. The van der Waals surface area contributed by atoms with E-state index in [0.29, 0.717) is 5.92 Å². The third-order valence-corrected chi connectivity index (χ3v) is 4.03. The molecule has 0 aliphatic carbocycles. The van der Waals surface area contributed by atoms with E-state index >= 15 is 0 Å². The molecule has 1 rings (SSSR count). The van der Waals surface area contributed by atoms with Gasteiger partial charge in [-0.1, -0.05) is 13.3 Å². The van der Waals surface area contributed by atoms with Crippen LogP contribution in [-0.4, -0.2) is 47.1 Å². The lowest BCUT2D eigenvalue weighted by Gasteiger charge is -2.15. The zero-order chi connectivity index (χ0) is 17.8. The Labute approximate surface area is 146 Å².